The zero-order valence-electron chi connectivity index (χ0n) is 15.3. The molecule has 1 fully saturated rings. The number of nitrogens with zero attached hydrogens (tertiary/aromatic N) is 1. The highest BCUT2D eigenvalue weighted by molar-refractivity contribution is 8.00. The molecule has 0 spiro atoms. The Balaban J connectivity index is 1.44. The number of thioether (sulfide) groups is 1. The van der Waals surface area contributed by atoms with Crippen molar-refractivity contribution in [3.05, 3.63) is 65.7 Å². The van der Waals surface area contributed by atoms with E-state index in [1.165, 1.54) is 17.7 Å². The molecule has 1 amide bonds. The third-order valence-corrected chi connectivity index (χ3v) is 5.90. The van der Waals surface area contributed by atoms with Crippen LogP contribution in [0.15, 0.2) is 53.4 Å². The summed E-state index contributed by atoms with van der Waals surface area (Å²) in [7, 11) is 0. The second-order valence-electron chi connectivity index (χ2n) is 6.88. The molecule has 1 saturated heterocycles. The van der Waals surface area contributed by atoms with Gasteiger partial charge in [0.1, 0.15) is 11.6 Å². The molecule has 1 N–H and O–H groups in total. The van der Waals surface area contributed by atoms with Crippen molar-refractivity contribution in [3.8, 4) is 0 Å². The first-order chi connectivity index (χ1) is 13.0. The Hall–Kier alpha value is -1.92. The summed E-state index contributed by atoms with van der Waals surface area (Å²) in [5, 5.41) is 2.63. The van der Waals surface area contributed by atoms with E-state index >= 15 is 0 Å². The lowest BCUT2D eigenvalue weighted by Gasteiger charge is -2.32. The number of hydrogen-bond acceptors (Lipinski definition) is 3. The average molecular weight is 390 g/mol. The number of hydrogen-bond donors (Lipinski definition) is 1. The monoisotopic (exact) mass is 390 g/mol. The molecule has 144 valence electrons. The first-order valence-electron chi connectivity index (χ1n) is 9.19. The second-order valence-corrected chi connectivity index (χ2v) is 8.26. The van der Waals surface area contributed by atoms with Crippen molar-refractivity contribution < 1.29 is 13.6 Å². The minimum absolute atomic E-state index is 0.106. The fourth-order valence-electron chi connectivity index (χ4n) is 3.21. The predicted octanol–water partition coefficient (Wildman–Crippen LogP) is 4.23. The maximum Gasteiger partial charge on any atom is 0.233 e. The highest BCUT2D eigenvalue weighted by atomic mass is 32.2. The Morgan fingerprint density at radius 1 is 1.19 bits per heavy atom. The minimum Gasteiger partial charge on any atom is -0.352 e. The van der Waals surface area contributed by atoms with Crippen molar-refractivity contribution in [2.45, 2.75) is 42.5 Å². The van der Waals surface area contributed by atoms with Crippen molar-refractivity contribution in [1.29, 1.82) is 0 Å². The number of rotatable bonds is 6. The van der Waals surface area contributed by atoms with Crippen LogP contribution >= 0.6 is 11.8 Å². The van der Waals surface area contributed by atoms with Crippen LogP contribution in [0.5, 0.6) is 0 Å². The number of amides is 1. The van der Waals surface area contributed by atoms with E-state index in [0.717, 1.165) is 50.3 Å². The summed E-state index contributed by atoms with van der Waals surface area (Å²) in [6.07, 6.45) is 1.81. The molecule has 0 saturated carbocycles. The zero-order valence-corrected chi connectivity index (χ0v) is 16.1. The molecule has 1 aliphatic heterocycles. The summed E-state index contributed by atoms with van der Waals surface area (Å²) in [6.45, 7) is 4.55. The van der Waals surface area contributed by atoms with E-state index in [0.29, 0.717) is 0 Å². The van der Waals surface area contributed by atoms with E-state index in [1.807, 2.05) is 18.2 Å². The summed E-state index contributed by atoms with van der Waals surface area (Å²) in [4.78, 5) is 15.1. The van der Waals surface area contributed by atoms with Gasteiger partial charge in [-0.25, -0.2) is 8.78 Å². The molecule has 27 heavy (non-hydrogen) atoms. The van der Waals surface area contributed by atoms with Crippen molar-refractivity contribution in [1.82, 2.24) is 10.2 Å². The summed E-state index contributed by atoms with van der Waals surface area (Å²) >= 11 is 1.11. The van der Waals surface area contributed by atoms with Gasteiger partial charge in [-0.05, 0) is 37.5 Å². The van der Waals surface area contributed by atoms with Crippen molar-refractivity contribution in [2.24, 2.45) is 0 Å². The van der Waals surface area contributed by atoms with Gasteiger partial charge in [0.25, 0.3) is 0 Å². The van der Waals surface area contributed by atoms with Crippen LogP contribution in [0.3, 0.4) is 0 Å². The number of carbonyl (C=O) groups is 1. The molecule has 2 aromatic rings. The van der Waals surface area contributed by atoms with Gasteiger partial charge in [-0.3, -0.25) is 9.69 Å². The molecule has 0 unspecified atom stereocenters. The fourth-order valence-corrected chi connectivity index (χ4v) is 4.08. The largest absolute Gasteiger partial charge is 0.352 e. The molecule has 1 atom stereocenters. The van der Waals surface area contributed by atoms with Crippen LogP contribution in [-0.2, 0) is 11.3 Å². The Labute approximate surface area is 163 Å². The lowest BCUT2D eigenvalue weighted by molar-refractivity contribution is -0.121. The maximum atomic E-state index is 13.8. The van der Waals surface area contributed by atoms with E-state index in [4.69, 9.17) is 0 Å². The lowest BCUT2D eigenvalue weighted by Crippen LogP contribution is -2.46. The van der Waals surface area contributed by atoms with Crippen molar-refractivity contribution in [2.75, 3.05) is 13.1 Å². The molecular weight excluding hydrogens is 366 g/mol. The molecule has 3 rings (SSSR count). The van der Waals surface area contributed by atoms with Crippen LogP contribution in [0.1, 0.15) is 25.3 Å². The molecule has 6 heteroatoms. The summed E-state index contributed by atoms with van der Waals surface area (Å²) < 4.78 is 26.7. The summed E-state index contributed by atoms with van der Waals surface area (Å²) in [5.74, 6) is -1.35. The Bertz CT molecular complexity index is 764. The molecule has 3 nitrogen and oxygen atoms in total. The minimum atomic E-state index is -0.631. The third kappa shape index (κ3) is 5.78. The third-order valence-electron chi connectivity index (χ3n) is 4.75. The quantitative estimate of drug-likeness (QED) is 0.750. The fraction of sp³-hybridized carbons (Fsp3) is 0.381. The van der Waals surface area contributed by atoms with Crippen LogP contribution in [0.25, 0.3) is 0 Å². The van der Waals surface area contributed by atoms with E-state index in [1.54, 1.807) is 6.92 Å². The van der Waals surface area contributed by atoms with Gasteiger partial charge in [-0.15, -0.1) is 11.8 Å². The van der Waals surface area contributed by atoms with Gasteiger partial charge < -0.3 is 5.32 Å². The van der Waals surface area contributed by atoms with Gasteiger partial charge in [0.2, 0.25) is 5.91 Å². The Morgan fingerprint density at radius 2 is 1.89 bits per heavy atom. The smallest absolute Gasteiger partial charge is 0.233 e. The molecule has 0 aliphatic carbocycles. The summed E-state index contributed by atoms with van der Waals surface area (Å²) in [5.41, 5.74) is 1.30. The predicted molar refractivity (Wildman–Crippen MR) is 105 cm³/mol. The molecular formula is C21H24F2N2OS. The number of halogens is 2. The zero-order chi connectivity index (χ0) is 19.2. The first kappa shape index (κ1) is 19.8. The lowest BCUT2D eigenvalue weighted by atomic mass is 10.0. The van der Waals surface area contributed by atoms with E-state index < -0.39 is 16.9 Å². The van der Waals surface area contributed by atoms with Crippen molar-refractivity contribution >= 4 is 17.7 Å². The number of nitrogens with one attached hydrogen (secondary N) is 1. The van der Waals surface area contributed by atoms with Gasteiger partial charge in [-0.2, -0.15) is 0 Å². The second kappa shape index (κ2) is 9.33. The number of carbonyl (C=O) groups excluding carboxylic acids is 1. The SMILES string of the molecule is C[C@H](Sc1ccc(F)cc1F)C(=O)NC1CCN(Cc2ccccc2)CC1. The van der Waals surface area contributed by atoms with Crippen LogP contribution in [0.4, 0.5) is 8.78 Å². The average Bonchev–Trinajstić information content (AvgIpc) is 2.66. The Kier molecular flexibility index (Phi) is 6.85. The highest BCUT2D eigenvalue weighted by Gasteiger charge is 2.24. The molecule has 0 bridgehead atoms. The first-order valence-corrected chi connectivity index (χ1v) is 10.1. The molecule has 2 aromatic carbocycles. The molecule has 0 aromatic heterocycles. The molecule has 1 heterocycles. The number of likely N-dealkylation sites (tertiary alicyclic amines) is 1. The van der Waals surface area contributed by atoms with Crippen LogP contribution in [-0.4, -0.2) is 35.2 Å². The molecule has 0 radical (unpaired) electrons. The van der Waals surface area contributed by atoms with Crippen molar-refractivity contribution in [3.63, 3.8) is 0 Å². The maximum absolute atomic E-state index is 13.8. The standard InChI is InChI=1S/C21H24F2N2OS/c1-15(27-20-8-7-17(22)13-19(20)23)21(26)24-18-9-11-25(12-10-18)14-16-5-3-2-4-6-16/h2-8,13,15,18H,9-12,14H2,1H3,(H,24,26)/t15-/m0/s1. The van der Waals surface area contributed by atoms with Gasteiger partial charge in [0, 0.05) is 36.6 Å². The normalized spacial score (nSPS) is 16.9. The van der Waals surface area contributed by atoms with Gasteiger partial charge in [-0.1, -0.05) is 30.3 Å². The van der Waals surface area contributed by atoms with Gasteiger partial charge in [0.15, 0.2) is 0 Å². The number of benzene rings is 2. The highest BCUT2D eigenvalue weighted by Crippen LogP contribution is 2.27. The van der Waals surface area contributed by atoms with Crippen LogP contribution in [0.2, 0.25) is 0 Å². The van der Waals surface area contributed by atoms with E-state index in [9.17, 15) is 13.6 Å². The van der Waals surface area contributed by atoms with Crippen LogP contribution < -0.4 is 5.32 Å². The van der Waals surface area contributed by atoms with Gasteiger partial charge >= 0.3 is 0 Å². The van der Waals surface area contributed by atoms with E-state index in [-0.39, 0.29) is 16.8 Å². The topological polar surface area (TPSA) is 32.3 Å². The summed E-state index contributed by atoms with van der Waals surface area (Å²) in [6, 6.07) is 13.9. The number of piperidine rings is 1. The van der Waals surface area contributed by atoms with Crippen LogP contribution in [0, 0.1) is 11.6 Å². The van der Waals surface area contributed by atoms with E-state index in [2.05, 4.69) is 22.3 Å². The Morgan fingerprint density at radius 3 is 2.56 bits per heavy atom. The van der Waals surface area contributed by atoms with Gasteiger partial charge in [0.05, 0.1) is 5.25 Å². The molecule has 1 aliphatic rings.